The maximum absolute atomic E-state index is 12.1. The molecule has 0 saturated carbocycles. The number of carbonyl (C=O) groups is 2. The third kappa shape index (κ3) is 3.71. The van der Waals surface area contributed by atoms with Crippen LogP contribution < -0.4 is 5.73 Å². The van der Waals surface area contributed by atoms with E-state index in [4.69, 9.17) is 5.73 Å². The Balaban J connectivity index is 0.00000200. The summed E-state index contributed by atoms with van der Waals surface area (Å²) in [5.74, 6) is -0.00942. The molecule has 2 amide bonds. The smallest absolute Gasteiger partial charge is 0.264 e. The third-order valence-electron chi connectivity index (χ3n) is 3.14. The minimum Gasteiger partial charge on any atom is -0.338 e. The SMILES string of the molecule is CC(C)(N)C(=O)N1CCN(C(=O)c2cccs2)CC1.Cl. The summed E-state index contributed by atoms with van der Waals surface area (Å²) in [7, 11) is 0. The largest absolute Gasteiger partial charge is 0.338 e. The number of nitrogens with zero attached hydrogens (tertiary/aromatic N) is 2. The number of hydrogen-bond donors (Lipinski definition) is 1. The highest BCUT2D eigenvalue weighted by atomic mass is 35.5. The van der Waals surface area contributed by atoms with Crippen molar-refractivity contribution in [3.63, 3.8) is 0 Å². The van der Waals surface area contributed by atoms with Crippen LogP contribution in [0, 0.1) is 0 Å². The second-order valence-corrected chi connectivity index (χ2v) is 6.23. The zero-order valence-electron chi connectivity index (χ0n) is 11.7. The van der Waals surface area contributed by atoms with Crippen LogP contribution in [0.25, 0.3) is 0 Å². The van der Waals surface area contributed by atoms with Gasteiger partial charge < -0.3 is 15.5 Å². The molecule has 1 saturated heterocycles. The minimum absolute atomic E-state index is 0. The van der Waals surface area contributed by atoms with E-state index < -0.39 is 5.54 Å². The summed E-state index contributed by atoms with van der Waals surface area (Å²) in [6.07, 6.45) is 0. The van der Waals surface area contributed by atoms with Crippen LogP contribution in [0.4, 0.5) is 0 Å². The molecule has 0 atom stereocenters. The molecule has 0 spiro atoms. The first-order valence-electron chi connectivity index (χ1n) is 6.30. The van der Waals surface area contributed by atoms with E-state index in [1.54, 1.807) is 23.6 Å². The molecule has 2 rings (SSSR count). The normalized spacial score (nSPS) is 15.8. The topological polar surface area (TPSA) is 66.6 Å². The average molecular weight is 318 g/mol. The van der Waals surface area contributed by atoms with Gasteiger partial charge in [-0.15, -0.1) is 23.7 Å². The van der Waals surface area contributed by atoms with E-state index in [0.29, 0.717) is 26.2 Å². The van der Waals surface area contributed by atoms with E-state index in [9.17, 15) is 9.59 Å². The van der Waals surface area contributed by atoms with Crippen molar-refractivity contribution >= 4 is 35.6 Å². The van der Waals surface area contributed by atoms with Crippen LogP contribution in [-0.2, 0) is 4.79 Å². The zero-order chi connectivity index (χ0) is 14.0. The van der Waals surface area contributed by atoms with Gasteiger partial charge in [0, 0.05) is 26.2 Å². The van der Waals surface area contributed by atoms with Gasteiger partial charge in [0.1, 0.15) is 0 Å². The molecule has 112 valence electrons. The molecular weight excluding hydrogens is 298 g/mol. The Morgan fingerprint density at radius 3 is 2.20 bits per heavy atom. The summed E-state index contributed by atoms with van der Waals surface area (Å²) in [4.78, 5) is 28.4. The number of halogens is 1. The summed E-state index contributed by atoms with van der Waals surface area (Å²) in [6.45, 7) is 5.65. The lowest BCUT2D eigenvalue weighted by atomic mass is 10.0. The molecule has 0 unspecified atom stereocenters. The number of carbonyl (C=O) groups excluding carboxylic acids is 2. The van der Waals surface area contributed by atoms with Crippen molar-refractivity contribution in [2.24, 2.45) is 5.73 Å². The van der Waals surface area contributed by atoms with Crippen molar-refractivity contribution in [2.45, 2.75) is 19.4 Å². The van der Waals surface area contributed by atoms with Crippen molar-refractivity contribution in [1.29, 1.82) is 0 Å². The van der Waals surface area contributed by atoms with Crippen molar-refractivity contribution in [3.05, 3.63) is 22.4 Å². The first-order valence-corrected chi connectivity index (χ1v) is 7.18. The highest BCUT2D eigenvalue weighted by Gasteiger charge is 2.31. The number of rotatable bonds is 2. The fourth-order valence-corrected chi connectivity index (χ4v) is 2.77. The first kappa shape index (κ1) is 16.9. The van der Waals surface area contributed by atoms with Gasteiger partial charge in [-0.05, 0) is 25.3 Å². The molecule has 2 N–H and O–H groups in total. The Labute approximate surface area is 129 Å². The van der Waals surface area contributed by atoms with E-state index in [0.717, 1.165) is 4.88 Å². The molecule has 7 heteroatoms. The molecule has 5 nitrogen and oxygen atoms in total. The van der Waals surface area contributed by atoms with Crippen LogP contribution in [0.5, 0.6) is 0 Å². The van der Waals surface area contributed by atoms with E-state index in [1.165, 1.54) is 11.3 Å². The Kier molecular flexibility index (Phi) is 5.56. The second-order valence-electron chi connectivity index (χ2n) is 5.28. The van der Waals surface area contributed by atoms with Crippen LogP contribution >= 0.6 is 23.7 Å². The summed E-state index contributed by atoms with van der Waals surface area (Å²) >= 11 is 1.44. The molecule has 1 aliphatic heterocycles. The van der Waals surface area contributed by atoms with Gasteiger partial charge in [-0.2, -0.15) is 0 Å². The standard InChI is InChI=1S/C13H19N3O2S.ClH/c1-13(2,14)12(18)16-7-5-15(6-8-16)11(17)10-4-3-9-19-10;/h3-4,9H,5-8,14H2,1-2H3;1H. The molecule has 1 fully saturated rings. The van der Waals surface area contributed by atoms with Crippen LogP contribution in [0.15, 0.2) is 17.5 Å². The lowest BCUT2D eigenvalue weighted by Crippen LogP contribution is -2.57. The van der Waals surface area contributed by atoms with E-state index in [1.807, 2.05) is 17.5 Å². The number of thiophene rings is 1. The molecular formula is C13H20ClN3O2S. The summed E-state index contributed by atoms with van der Waals surface area (Å²) in [5.41, 5.74) is 4.96. The lowest BCUT2D eigenvalue weighted by Gasteiger charge is -2.37. The second kappa shape index (κ2) is 6.56. The minimum atomic E-state index is -0.847. The van der Waals surface area contributed by atoms with Gasteiger partial charge in [0.2, 0.25) is 5.91 Å². The predicted molar refractivity (Wildman–Crippen MR) is 82.3 cm³/mol. The number of amides is 2. The Bertz CT molecular complexity index is 462. The van der Waals surface area contributed by atoms with Gasteiger partial charge in [-0.25, -0.2) is 0 Å². The van der Waals surface area contributed by atoms with Crippen LogP contribution in [0.2, 0.25) is 0 Å². The van der Waals surface area contributed by atoms with Gasteiger partial charge >= 0.3 is 0 Å². The highest BCUT2D eigenvalue weighted by Crippen LogP contribution is 2.15. The fourth-order valence-electron chi connectivity index (χ4n) is 2.08. The van der Waals surface area contributed by atoms with Crippen LogP contribution in [-0.4, -0.2) is 53.3 Å². The van der Waals surface area contributed by atoms with Crippen LogP contribution in [0.3, 0.4) is 0 Å². The van der Waals surface area contributed by atoms with Crippen molar-refractivity contribution in [3.8, 4) is 0 Å². The maximum atomic E-state index is 12.1. The lowest BCUT2D eigenvalue weighted by molar-refractivity contribution is -0.137. The maximum Gasteiger partial charge on any atom is 0.264 e. The number of nitrogens with two attached hydrogens (primary N) is 1. The monoisotopic (exact) mass is 317 g/mol. The molecule has 0 aliphatic carbocycles. The molecule has 1 aromatic rings. The van der Waals surface area contributed by atoms with Gasteiger partial charge in [-0.1, -0.05) is 6.07 Å². The number of hydrogen-bond acceptors (Lipinski definition) is 4. The van der Waals surface area contributed by atoms with Gasteiger partial charge in [-0.3, -0.25) is 9.59 Å². The van der Waals surface area contributed by atoms with Crippen molar-refractivity contribution < 1.29 is 9.59 Å². The number of piperazine rings is 1. The van der Waals surface area contributed by atoms with Gasteiger partial charge in [0.15, 0.2) is 0 Å². The first-order chi connectivity index (χ1) is 8.89. The molecule has 0 bridgehead atoms. The molecule has 0 aromatic carbocycles. The quantitative estimate of drug-likeness (QED) is 0.891. The average Bonchev–Trinajstić information content (AvgIpc) is 2.90. The summed E-state index contributed by atoms with van der Waals surface area (Å²) in [5, 5.41) is 1.89. The summed E-state index contributed by atoms with van der Waals surface area (Å²) < 4.78 is 0. The molecule has 0 radical (unpaired) electrons. The predicted octanol–water partition coefficient (Wildman–Crippen LogP) is 1.19. The molecule has 2 heterocycles. The Morgan fingerprint density at radius 1 is 1.20 bits per heavy atom. The van der Waals surface area contributed by atoms with E-state index in [-0.39, 0.29) is 24.2 Å². The van der Waals surface area contributed by atoms with Gasteiger partial charge in [0.05, 0.1) is 10.4 Å². The molecule has 20 heavy (non-hydrogen) atoms. The van der Waals surface area contributed by atoms with Crippen molar-refractivity contribution in [2.75, 3.05) is 26.2 Å². The Morgan fingerprint density at radius 2 is 1.75 bits per heavy atom. The van der Waals surface area contributed by atoms with E-state index in [2.05, 4.69) is 0 Å². The zero-order valence-corrected chi connectivity index (χ0v) is 13.3. The Hall–Kier alpha value is -1.11. The molecule has 1 aliphatic rings. The highest BCUT2D eigenvalue weighted by molar-refractivity contribution is 7.12. The van der Waals surface area contributed by atoms with Crippen LogP contribution in [0.1, 0.15) is 23.5 Å². The third-order valence-corrected chi connectivity index (χ3v) is 4.00. The van der Waals surface area contributed by atoms with Gasteiger partial charge in [0.25, 0.3) is 5.91 Å². The van der Waals surface area contributed by atoms with E-state index >= 15 is 0 Å². The molecule has 1 aromatic heterocycles. The summed E-state index contributed by atoms with van der Waals surface area (Å²) in [6, 6.07) is 3.70. The fraction of sp³-hybridized carbons (Fsp3) is 0.538. The van der Waals surface area contributed by atoms with Crippen molar-refractivity contribution in [1.82, 2.24) is 9.80 Å².